The van der Waals surface area contributed by atoms with E-state index in [9.17, 15) is 14.4 Å². The van der Waals surface area contributed by atoms with Crippen LogP contribution in [-0.2, 0) is 16.1 Å². The van der Waals surface area contributed by atoms with Crippen LogP contribution in [0, 0.1) is 0 Å². The molecule has 0 fully saturated rings. The van der Waals surface area contributed by atoms with Crippen LogP contribution in [0.5, 0.6) is 0 Å². The van der Waals surface area contributed by atoms with Crippen molar-refractivity contribution in [2.24, 2.45) is 0 Å². The SMILES string of the molecule is C[C@@H](CNC(=O)COC(=O)c1nn(CCO)c(=O)c2ccccc12)c1ccccc1. The second-order valence-electron chi connectivity index (χ2n) is 6.84. The molecular weight excluding hydrogens is 386 g/mol. The first-order chi connectivity index (χ1) is 14.5. The summed E-state index contributed by atoms with van der Waals surface area (Å²) in [4.78, 5) is 37.1. The zero-order valence-electron chi connectivity index (χ0n) is 16.6. The van der Waals surface area contributed by atoms with Crippen LogP contribution in [0.1, 0.15) is 28.9 Å². The van der Waals surface area contributed by atoms with Crippen molar-refractivity contribution in [1.82, 2.24) is 15.1 Å². The average molecular weight is 409 g/mol. The number of nitrogens with one attached hydrogen (secondary N) is 1. The molecule has 0 unspecified atom stereocenters. The van der Waals surface area contributed by atoms with Crippen LogP contribution >= 0.6 is 0 Å². The zero-order valence-corrected chi connectivity index (χ0v) is 16.6. The van der Waals surface area contributed by atoms with Gasteiger partial charge in [-0.15, -0.1) is 0 Å². The van der Waals surface area contributed by atoms with Crippen LogP contribution in [0.2, 0.25) is 0 Å². The fraction of sp³-hybridized carbons (Fsp3) is 0.273. The highest BCUT2D eigenvalue weighted by atomic mass is 16.5. The second kappa shape index (κ2) is 9.80. The maximum absolute atomic E-state index is 12.5. The molecular formula is C22H23N3O5. The molecule has 156 valence electrons. The summed E-state index contributed by atoms with van der Waals surface area (Å²) in [6.07, 6.45) is 0. The summed E-state index contributed by atoms with van der Waals surface area (Å²) < 4.78 is 6.13. The summed E-state index contributed by atoms with van der Waals surface area (Å²) in [7, 11) is 0. The van der Waals surface area contributed by atoms with Gasteiger partial charge in [-0.1, -0.05) is 55.5 Å². The molecule has 2 aromatic carbocycles. The van der Waals surface area contributed by atoms with Crippen LogP contribution < -0.4 is 10.9 Å². The number of hydrogen-bond acceptors (Lipinski definition) is 6. The molecule has 3 aromatic rings. The Morgan fingerprint density at radius 3 is 2.47 bits per heavy atom. The molecule has 1 atom stereocenters. The molecule has 8 heteroatoms. The number of esters is 1. The molecule has 30 heavy (non-hydrogen) atoms. The Labute approximate surface area is 173 Å². The van der Waals surface area contributed by atoms with Crippen molar-refractivity contribution in [1.29, 1.82) is 0 Å². The Bertz CT molecular complexity index is 1090. The summed E-state index contributed by atoms with van der Waals surface area (Å²) in [6.45, 7) is 1.57. The van der Waals surface area contributed by atoms with Gasteiger partial charge in [0.05, 0.1) is 18.5 Å². The molecule has 0 saturated heterocycles. The van der Waals surface area contributed by atoms with Gasteiger partial charge >= 0.3 is 5.97 Å². The molecule has 8 nitrogen and oxygen atoms in total. The van der Waals surface area contributed by atoms with Crippen molar-refractivity contribution in [3.8, 4) is 0 Å². The molecule has 0 aliphatic heterocycles. The first-order valence-electron chi connectivity index (χ1n) is 9.60. The third-order valence-corrected chi connectivity index (χ3v) is 4.68. The number of aliphatic hydroxyl groups excluding tert-OH is 1. The van der Waals surface area contributed by atoms with Gasteiger partial charge in [-0.25, -0.2) is 9.48 Å². The van der Waals surface area contributed by atoms with E-state index in [-0.39, 0.29) is 30.1 Å². The third-order valence-electron chi connectivity index (χ3n) is 4.68. The fourth-order valence-corrected chi connectivity index (χ4v) is 3.05. The van der Waals surface area contributed by atoms with Gasteiger partial charge in [0.1, 0.15) is 0 Å². The lowest BCUT2D eigenvalue weighted by molar-refractivity contribution is -0.124. The minimum atomic E-state index is -0.816. The molecule has 2 N–H and O–H groups in total. The minimum Gasteiger partial charge on any atom is -0.451 e. The highest BCUT2D eigenvalue weighted by Gasteiger charge is 2.19. The van der Waals surface area contributed by atoms with E-state index in [2.05, 4.69) is 10.4 Å². The smallest absolute Gasteiger partial charge is 0.359 e. The second-order valence-corrected chi connectivity index (χ2v) is 6.84. The molecule has 1 amide bonds. The van der Waals surface area contributed by atoms with Crippen molar-refractivity contribution < 1.29 is 19.4 Å². The summed E-state index contributed by atoms with van der Waals surface area (Å²) in [5.41, 5.74) is 0.601. The number of carbonyl (C=O) groups is 2. The molecule has 0 aliphatic rings. The first kappa shape index (κ1) is 21.2. The van der Waals surface area contributed by atoms with Crippen molar-refractivity contribution in [2.75, 3.05) is 19.8 Å². The van der Waals surface area contributed by atoms with E-state index in [0.29, 0.717) is 11.9 Å². The summed E-state index contributed by atoms with van der Waals surface area (Å²) in [5, 5.41) is 16.5. The van der Waals surface area contributed by atoms with Gasteiger partial charge in [0, 0.05) is 11.9 Å². The van der Waals surface area contributed by atoms with E-state index in [1.165, 1.54) is 0 Å². The average Bonchev–Trinajstić information content (AvgIpc) is 2.78. The van der Waals surface area contributed by atoms with Crippen molar-refractivity contribution in [2.45, 2.75) is 19.4 Å². The molecule has 1 heterocycles. The summed E-state index contributed by atoms with van der Waals surface area (Å²) in [6, 6.07) is 16.3. The van der Waals surface area contributed by atoms with Gasteiger partial charge < -0.3 is 15.2 Å². The number of ether oxygens (including phenoxy) is 1. The quantitative estimate of drug-likeness (QED) is 0.545. The molecule has 3 rings (SSSR count). The van der Waals surface area contributed by atoms with Crippen LogP contribution in [0.3, 0.4) is 0 Å². The number of fused-ring (bicyclic) bond motifs is 1. The highest BCUT2D eigenvalue weighted by Crippen LogP contribution is 2.15. The molecule has 0 aliphatic carbocycles. The molecule has 0 saturated carbocycles. The topological polar surface area (TPSA) is 111 Å². The molecule has 0 bridgehead atoms. The van der Waals surface area contributed by atoms with Gasteiger partial charge in [0.15, 0.2) is 12.3 Å². The normalized spacial score (nSPS) is 11.8. The number of aliphatic hydroxyl groups is 1. The number of amides is 1. The Morgan fingerprint density at radius 2 is 1.77 bits per heavy atom. The van der Waals surface area contributed by atoms with E-state index in [0.717, 1.165) is 10.2 Å². The third kappa shape index (κ3) is 4.90. The lowest BCUT2D eigenvalue weighted by atomic mass is 10.0. The van der Waals surface area contributed by atoms with Gasteiger partial charge in [-0.2, -0.15) is 5.10 Å². The maximum Gasteiger partial charge on any atom is 0.359 e. The van der Waals surface area contributed by atoms with E-state index in [4.69, 9.17) is 9.84 Å². The number of aromatic nitrogens is 2. The Balaban J connectivity index is 1.66. The van der Waals surface area contributed by atoms with Gasteiger partial charge in [-0.3, -0.25) is 9.59 Å². The van der Waals surface area contributed by atoms with Gasteiger partial charge in [0.2, 0.25) is 0 Å². The lowest BCUT2D eigenvalue weighted by Crippen LogP contribution is -2.32. The van der Waals surface area contributed by atoms with E-state index in [1.54, 1.807) is 24.3 Å². The Morgan fingerprint density at radius 1 is 1.10 bits per heavy atom. The molecule has 0 radical (unpaired) electrons. The first-order valence-corrected chi connectivity index (χ1v) is 9.60. The van der Waals surface area contributed by atoms with Gasteiger partial charge in [0.25, 0.3) is 11.5 Å². The largest absolute Gasteiger partial charge is 0.451 e. The standard InChI is InChI=1S/C22H23N3O5/c1-15(16-7-3-2-4-8-16)13-23-19(27)14-30-22(29)20-17-9-5-6-10-18(17)21(28)25(24-20)11-12-26/h2-10,15,26H,11-14H2,1H3,(H,23,27)/t15-/m0/s1. The van der Waals surface area contributed by atoms with Crippen LogP contribution in [0.4, 0.5) is 0 Å². The van der Waals surface area contributed by atoms with Gasteiger partial charge in [-0.05, 0) is 17.5 Å². The number of carbonyl (C=O) groups excluding carboxylic acids is 2. The predicted molar refractivity (Wildman–Crippen MR) is 111 cm³/mol. The number of nitrogens with zero attached hydrogens (tertiary/aromatic N) is 2. The maximum atomic E-state index is 12.5. The van der Waals surface area contributed by atoms with E-state index < -0.39 is 24.0 Å². The minimum absolute atomic E-state index is 0.0538. The van der Waals surface area contributed by atoms with Crippen LogP contribution in [0.25, 0.3) is 10.8 Å². The molecule has 0 spiro atoms. The number of hydrogen-bond donors (Lipinski definition) is 2. The van der Waals surface area contributed by atoms with E-state index in [1.807, 2.05) is 37.3 Å². The van der Waals surface area contributed by atoms with Crippen molar-refractivity contribution in [3.63, 3.8) is 0 Å². The number of rotatable bonds is 8. The summed E-state index contributed by atoms with van der Waals surface area (Å²) >= 11 is 0. The van der Waals surface area contributed by atoms with Crippen molar-refractivity contribution in [3.05, 3.63) is 76.2 Å². The van der Waals surface area contributed by atoms with Crippen LogP contribution in [0.15, 0.2) is 59.4 Å². The Hall–Kier alpha value is -3.52. The molecule has 1 aromatic heterocycles. The summed E-state index contributed by atoms with van der Waals surface area (Å²) in [5.74, 6) is -1.14. The van der Waals surface area contributed by atoms with Crippen molar-refractivity contribution >= 4 is 22.6 Å². The monoisotopic (exact) mass is 409 g/mol. The van der Waals surface area contributed by atoms with E-state index >= 15 is 0 Å². The number of benzene rings is 2. The predicted octanol–water partition coefficient (Wildman–Crippen LogP) is 1.47. The van der Waals surface area contributed by atoms with Crippen LogP contribution in [-0.4, -0.2) is 46.5 Å². The Kier molecular flexibility index (Phi) is 6.92. The zero-order chi connectivity index (χ0) is 21.5. The highest BCUT2D eigenvalue weighted by molar-refractivity contribution is 6.02. The fourth-order valence-electron chi connectivity index (χ4n) is 3.05. The lowest BCUT2D eigenvalue weighted by Gasteiger charge is -2.13.